The first kappa shape index (κ1) is 24.6. The normalized spacial score (nSPS) is 10.9. The van der Waals surface area contributed by atoms with Gasteiger partial charge < -0.3 is 9.47 Å². The molecule has 0 atom stereocenters. The SMILES string of the molecule is CCOc1cc(C=NNC(=O)c2cccnc2Cl)cc(I)c1OCc1ccc(Cl)c(Cl)c1. The van der Waals surface area contributed by atoms with Gasteiger partial charge in [-0.15, -0.1) is 0 Å². The highest BCUT2D eigenvalue weighted by Crippen LogP contribution is 2.35. The molecular weight excluding hydrogens is 588 g/mol. The van der Waals surface area contributed by atoms with E-state index in [9.17, 15) is 4.79 Å². The molecule has 10 heteroatoms. The monoisotopic (exact) mass is 603 g/mol. The third-order valence-corrected chi connectivity index (χ3v) is 5.92. The summed E-state index contributed by atoms with van der Waals surface area (Å²) in [5.74, 6) is 0.699. The number of hydrogen-bond acceptors (Lipinski definition) is 5. The van der Waals surface area contributed by atoms with Crippen LogP contribution >= 0.6 is 57.4 Å². The number of carbonyl (C=O) groups is 1. The van der Waals surface area contributed by atoms with E-state index in [4.69, 9.17) is 44.3 Å². The van der Waals surface area contributed by atoms with Crippen molar-refractivity contribution in [3.8, 4) is 11.5 Å². The predicted octanol–water partition coefficient (Wildman–Crippen LogP) is 6.39. The number of hydrazone groups is 1. The molecule has 1 aromatic heterocycles. The van der Waals surface area contributed by atoms with Gasteiger partial charge in [-0.05, 0) is 77.0 Å². The zero-order chi connectivity index (χ0) is 23.1. The largest absolute Gasteiger partial charge is 0.490 e. The second kappa shape index (κ2) is 11.7. The first-order valence-corrected chi connectivity index (χ1v) is 11.6. The quantitative estimate of drug-likeness (QED) is 0.140. The minimum Gasteiger partial charge on any atom is -0.490 e. The van der Waals surface area contributed by atoms with Crippen LogP contribution in [0.25, 0.3) is 0 Å². The zero-order valence-electron chi connectivity index (χ0n) is 16.7. The Balaban J connectivity index is 1.74. The summed E-state index contributed by atoms with van der Waals surface area (Å²) in [6, 6.07) is 12.2. The number of rotatable bonds is 8. The number of ether oxygens (including phenoxy) is 2. The topological polar surface area (TPSA) is 72.8 Å². The van der Waals surface area contributed by atoms with E-state index in [0.717, 1.165) is 14.7 Å². The number of pyridine rings is 1. The molecule has 1 heterocycles. The first-order chi connectivity index (χ1) is 15.4. The van der Waals surface area contributed by atoms with Crippen molar-refractivity contribution in [2.75, 3.05) is 6.61 Å². The number of nitrogens with one attached hydrogen (secondary N) is 1. The number of hydrogen-bond donors (Lipinski definition) is 1. The molecule has 0 aliphatic carbocycles. The van der Waals surface area contributed by atoms with Crippen LogP contribution in [-0.2, 0) is 6.61 Å². The molecule has 1 N–H and O–H groups in total. The summed E-state index contributed by atoms with van der Waals surface area (Å²) in [5.41, 5.74) is 4.27. The molecule has 6 nitrogen and oxygen atoms in total. The lowest BCUT2D eigenvalue weighted by Gasteiger charge is -2.15. The van der Waals surface area contributed by atoms with Crippen LogP contribution in [0.3, 0.4) is 0 Å². The summed E-state index contributed by atoms with van der Waals surface area (Å²) in [5, 5.41) is 5.07. The Morgan fingerprint density at radius 2 is 1.97 bits per heavy atom. The highest BCUT2D eigenvalue weighted by atomic mass is 127. The van der Waals surface area contributed by atoms with Crippen LogP contribution in [0.15, 0.2) is 53.8 Å². The molecule has 0 fully saturated rings. The van der Waals surface area contributed by atoms with Gasteiger partial charge in [0.15, 0.2) is 11.5 Å². The van der Waals surface area contributed by atoms with Gasteiger partial charge in [-0.3, -0.25) is 4.79 Å². The number of halogens is 4. The second-order valence-corrected chi connectivity index (χ2v) is 8.68. The fourth-order valence-corrected chi connectivity index (χ4v) is 3.94. The van der Waals surface area contributed by atoms with E-state index in [1.165, 1.54) is 12.4 Å². The first-order valence-electron chi connectivity index (χ1n) is 9.36. The predicted molar refractivity (Wildman–Crippen MR) is 135 cm³/mol. The Labute approximate surface area is 214 Å². The third kappa shape index (κ3) is 6.48. The molecule has 3 rings (SSSR count). The van der Waals surface area contributed by atoms with E-state index in [1.54, 1.807) is 30.3 Å². The number of benzene rings is 2. The van der Waals surface area contributed by atoms with E-state index >= 15 is 0 Å². The van der Waals surface area contributed by atoms with Gasteiger partial charge in [0.25, 0.3) is 5.91 Å². The maximum absolute atomic E-state index is 12.2. The van der Waals surface area contributed by atoms with E-state index in [-0.39, 0.29) is 10.7 Å². The van der Waals surface area contributed by atoms with Crippen molar-refractivity contribution in [1.29, 1.82) is 0 Å². The Morgan fingerprint density at radius 3 is 2.69 bits per heavy atom. The van der Waals surface area contributed by atoms with E-state index in [2.05, 4.69) is 38.1 Å². The molecule has 0 aliphatic rings. The maximum Gasteiger partial charge on any atom is 0.274 e. The van der Waals surface area contributed by atoms with E-state index in [1.807, 2.05) is 19.1 Å². The smallest absolute Gasteiger partial charge is 0.274 e. The Bertz CT molecular complexity index is 1160. The highest BCUT2D eigenvalue weighted by molar-refractivity contribution is 14.1. The molecule has 3 aromatic rings. The molecule has 0 bridgehead atoms. The molecule has 32 heavy (non-hydrogen) atoms. The summed E-state index contributed by atoms with van der Waals surface area (Å²) in [6.07, 6.45) is 3.01. The van der Waals surface area contributed by atoms with Crippen LogP contribution < -0.4 is 14.9 Å². The lowest BCUT2D eigenvalue weighted by atomic mass is 10.2. The molecule has 0 radical (unpaired) electrons. The summed E-state index contributed by atoms with van der Waals surface area (Å²) >= 11 is 20.1. The average molecular weight is 605 g/mol. The van der Waals surface area contributed by atoms with Gasteiger partial charge in [-0.2, -0.15) is 5.10 Å². The van der Waals surface area contributed by atoms with Crippen molar-refractivity contribution in [1.82, 2.24) is 10.4 Å². The summed E-state index contributed by atoms with van der Waals surface area (Å²) in [7, 11) is 0. The van der Waals surface area contributed by atoms with E-state index < -0.39 is 5.91 Å². The summed E-state index contributed by atoms with van der Waals surface area (Å²) in [4.78, 5) is 16.1. The molecule has 166 valence electrons. The average Bonchev–Trinajstić information content (AvgIpc) is 2.76. The molecular formula is C22H17Cl3IN3O3. The van der Waals surface area contributed by atoms with Gasteiger partial charge in [-0.25, -0.2) is 10.4 Å². The van der Waals surface area contributed by atoms with Crippen molar-refractivity contribution in [3.63, 3.8) is 0 Å². The maximum atomic E-state index is 12.2. The van der Waals surface area contributed by atoms with Gasteiger partial charge in [0.05, 0.1) is 32.0 Å². The minimum absolute atomic E-state index is 0.108. The van der Waals surface area contributed by atoms with Crippen molar-refractivity contribution >= 4 is 69.5 Å². The minimum atomic E-state index is -0.458. The van der Waals surface area contributed by atoms with Crippen LogP contribution in [0.5, 0.6) is 11.5 Å². The number of aromatic nitrogens is 1. The number of amides is 1. The highest BCUT2D eigenvalue weighted by Gasteiger charge is 2.13. The fraction of sp³-hybridized carbons (Fsp3) is 0.136. The lowest BCUT2D eigenvalue weighted by molar-refractivity contribution is 0.0955. The van der Waals surface area contributed by atoms with Crippen molar-refractivity contribution in [3.05, 3.63) is 84.1 Å². The molecule has 0 saturated carbocycles. The van der Waals surface area contributed by atoms with Gasteiger partial charge >= 0.3 is 0 Å². The van der Waals surface area contributed by atoms with Gasteiger partial charge in [0.1, 0.15) is 11.8 Å². The molecule has 0 aliphatic heterocycles. The van der Waals surface area contributed by atoms with E-state index in [0.29, 0.717) is 34.8 Å². The Hall–Kier alpha value is -2.07. The van der Waals surface area contributed by atoms with Gasteiger partial charge in [-0.1, -0.05) is 40.9 Å². The Morgan fingerprint density at radius 1 is 1.16 bits per heavy atom. The summed E-state index contributed by atoms with van der Waals surface area (Å²) < 4.78 is 12.6. The van der Waals surface area contributed by atoms with Gasteiger partial charge in [0.2, 0.25) is 0 Å². The molecule has 1 amide bonds. The standard InChI is InChI=1S/C22H17Cl3IN3O3/c1-2-31-19-10-14(11-28-29-22(30)15-4-3-7-27-21(15)25)9-18(26)20(19)32-12-13-5-6-16(23)17(24)8-13/h3-11H,2,12H2,1H3,(H,29,30). The molecule has 2 aromatic carbocycles. The third-order valence-electron chi connectivity index (χ3n) is 4.08. The molecule has 0 saturated heterocycles. The summed E-state index contributed by atoms with van der Waals surface area (Å²) in [6.45, 7) is 2.63. The van der Waals surface area contributed by atoms with Gasteiger partial charge in [0, 0.05) is 6.20 Å². The van der Waals surface area contributed by atoms with Crippen molar-refractivity contribution < 1.29 is 14.3 Å². The molecule has 0 spiro atoms. The fourth-order valence-electron chi connectivity index (χ4n) is 2.63. The van der Waals surface area contributed by atoms with Crippen LogP contribution in [-0.4, -0.2) is 23.7 Å². The van der Waals surface area contributed by atoms with Crippen molar-refractivity contribution in [2.45, 2.75) is 13.5 Å². The zero-order valence-corrected chi connectivity index (χ0v) is 21.2. The second-order valence-electron chi connectivity index (χ2n) is 6.34. The van der Waals surface area contributed by atoms with Crippen LogP contribution in [0.1, 0.15) is 28.4 Å². The molecule has 0 unspecified atom stereocenters. The Kier molecular flexibility index (Phi) is 8.98. The van der Waals surface area contributed by atoms with Crippen LogP contribution in [0, 0.1) is 3.57 Å². The van der Waals surface area contributed by atoms with Crippen LogP contribution in [0.4, 0.5) is 0 Å². The van der Waals surface area contributed by atoms with Crippen LogP contribution in [0.2, 0.25) is 15.2 Å². The number of carbonyl (C=O) groups excluding carboxylic acids is 1. The van der Waals surface area contributed by atoms with Crippen molar-refractivity contribution in [2.24, 2.45) is 5.10 Å². The number of nitrogens with zero attached hydrogens (tertiary/aromatic N) is 2. The lowest BCUT2D eigenvalue weighted by Crippen LogP contribution is -2.18.